The molecule has 3 N–H and O–H groups in total. The highest BCUT2D eigenvalue weighted by Gasteiger charge is 2.23. The molecule has 1 heterocycles. The van der Waals surface area contributed by atoms with Gasteiger partial charge in [-0.2, -0.15) is 0 Å². The van der Waals surface area contributed by atoms with Crippen LogP contribution >= 0.6 is 11.8 Å². The Morgan fingerprint density at radius 2 is 2.00 bits per heavy atom. The molecular formula is C13H15N3O3S. The van der Waals surface area contributed by atoms with Gasteiger partial charge < -0.3 is 16.0 Å². The molecule has 7 heteroatoms. The molecule has 1 aromatic rings. The second-order valence-electron chi connectivity index (χ2n) is 4.42. The molecule has 1 aliphatic heterocycles. The van der Waals surface area contributed by atoms with Crippen LogP contribution in [0.15, 0.2) is 24.3 Å². The minimum atomic E-state index is -0.396. The molecule has 1 aromatic carbocycles. The second kappa shape index (κ2) is 6.42. The lowest BCUT2D eigenvalue weighted by atomic mass is 10.1. The summed E-state index contributed by atoms with van der Waals surface area (Å²) in [6.45, 7) is 0.670. The van der Waals surface area contributed by atoms with Crippen LogP contribution in [0.3, 0.4) is 0 Å². The van der Waals surface area contributed by atoms with Crippen LogP contribution in [0.1, 0.15) is 5.56 Å². The minimum absolute atomic E-state index is 0.0584. The molecule has 0 bridgehead atoms. The first-order valence-electron chi connectivity index (χ1n) is 6.13. The van der Waals surface area contributed by atoms with E-state index in [1.165, 1.54) is 16.7 Å². The molecule has 0 spiro atoms. The summed E-state index contributed by atoms with van der Waals surface area (Å²) in [6, 6.07) is 6.88. The van der Waals surface area contributed by atoms with Crippen molar-refractivity contribution in [3.63, 3.8) is 0 Å². The molecule has 1 aliphatic rings. The van der Waals surface area contributed by atoms with Crippen LogP contribution in [0.2, 0.25) is 0 Å². The van der Waals surface area contributed by atoms with Crippen LogP contribution in [-0.2, 0) is 16.0 Å². The highest BCUT2D eigenvalue weighted by atomic mass is 32.2. The van der Waals surface area contributed by atoms with Crippen LogP contribution in [0.5, 0.6) is 0 Å². The smallest absolute Gasteiger partial charge is 0.282 e. The van der Waals surface area contributed by atoms with Gasteiger partial charge >= 0.3 is 0 Å². The van der Waals surface area contributed by atoms with Gasteiger partial charge in [0.2, 0.25) is 11.8 Å². The number of hydrogen-bond donors (Lipinski definition) is 2. The van der Waals surface area contributed by atoms with Gasteiger partial charge in [0.15, 0.2) is 0 Å². The Labute approximate surface area is 120 Å². The van der Waals surface area contributed by atoms with Crippen LogP contribution in [0.4, 0.5) is 10.5 Å². The number of amides is 3. The number of primary amides is 1. The van der Waals surface area contributed by atoms with Crippen LogP contribution in [0.25, 0.3) is 0 Å². The molecule has 0 radical (unpaired) electrons. The summed E-state index contributed by atoms with van der Waals surface area (Å²) in [5, 5.41) is 2.65. The predicted molar refractivity (Wildman–Crippen MR) is 77.4 cm³/mol. The Bertz CT molecular complexity index is 530. The Morgan fingerprint density at radius 1 is 1.30 bits per heavy atom. The molecule has 1 saturated heterocycles. The van der Waals surface area contributed by atoms with Gasteiger partial charge in [-0.25, -0.2) is 0 Å². The number of benzene rings is 1. The van der Waals surface area contributed by atoms with Crippen molar-refractivity contribution in [1.82, 2.24) is 4.90 Å². The van der Waals surface area contributed by atoms with Gasteiger partial charge in [-0.3, -0.25) is 14.4 Å². The normalized spacial score (nSPS) is 14.4. The summed E-state index contributed by atoms with van der Waals surface area (Å²) in [5.41, 5.74) is 6.52. The Balaban J connectivity index is 1.87. The van der Waals surface area contributed by atoms with Crippen molar-refractivity contribution in [2.75, 3.05) is 24.2 Å². The minimum Gasteiger partial charge on any atom is -0.369 e. The summed E-state index contributed by atoms with van der Waals surface area (Å²) in [7, 11) is 0. The first-order chi connectivity index (χ1) is 9.54. The van der Waals surface area contributed by atoms with Gasteiger partial charge in [-0.15, -0.1) is 0 Å². The number of nitrogens with two attached hydrogens (primary N) is 1. The van der Waals surface area contributed by atoms with Gasteiger partial charge in [0.25, 0.3) is 5.24 Å². The van der Waals surface area contributed by atoms with Gasteiger partial charge in [0, 0.05) is 18.0 Å². The zero-order valence-electron chi connectivity index (χ0n) is 10.8. The largest absolute Gasteiger partial charge is 0.369 e. The van der Waals surface area contributed by atoms with E-state index in [1.807, 2.05) is 0 Å². The van der Waals surface area contributed by atoms with Crippen molar-refractivity contribution in [2.24, 2.45) is 5.73 Å². The van der Waals surface area contributed by atoms with Crippen LogP contribution in [-0.4, -0.2) is 40.8 Å². The fraction of sp³-hybridized carbons (Fsp3) is 0.308. The first-order valence-corrected chi connectivity index (χ1v) is 7.12. The monoisotopic (exact) mass is 293 g/mol. The maximum Gasteiger partial charge on any atom is 0.282 e. The molecule has 0 saturated carbocycles. The second-order valence-corrected chi connectivity index (χ2v) is 5.47. The van der Waals surface area contributed by atoms with E-state index in [4.69, 9.17) is 5.73 Å². The molecule has 0 unspecified atom stereocenters. The van der Waals surface area contributed by atoms with E-state index >= 15 is 0 Å². The fourth-order valence-electron chi connectivity index (χ4n) is 1.85. The van der Waals surface area contributed by atoms with Crippen LogP contribution < -0.4 is 11.1 Å². The summed E-state index contributed by atoms with van der Waals surface area (Å²) in [5.74, 6) is 0.101. The van der Waals surface area contributed by atoms with E-state index in [9.17, 15) is 14.4 Å². The third-order valence-corrected chi connectivity index (χ3v) is 3.69. The average molecular weight is 293 g/mol. The molecule has 1 fully saturated rings. The van der Waals surface area contributed by atoms with Gasteiger partial charge in [-0.1, -0.05) is 23.9 Å². The zero-order chi connectivity index (χ0) is 14.5. The number of nitrogens with one attached hydrogen (secondary N) is 1. The quantitative estimate of drug-likeness (QED) is 0.840. The molecule has 3 amide bonds. The lowest BCUT2D eigenvalue weighted by Gasteiger charge is -2.14. The third-order valence-electron chi connectivity index (χ3n) is 2.80. The number of rotatable bonds is 5. The van der Waals surface area contributed by atoms with E-state index < -0.39 is 5.91 Å². The fourth-order valence-corrected chi connectivity index (χ4v) is 2.68. The summed E-state index contributed by atoms with van der Waals surface area (Å²) in [4.78, 5) is 35.4. The standard InChI is InChI=1S/C13H15N3O3S/c14-11(17)7-9-1-3-10(4-2-9)15-12(18)8-16-5-6-20-13(16)19/h1-4H,5-8H2,(H2,14,17)(H,15,18). The SMILES string of the molecule is NC(=O)Cc1ccc(NC(=O)CN2CCSC2=O)cc1. The molecule has 0 atom stereocenters. The molecule has 2 rings (SSSR count). The van der Waals surface area contributed by atoms with Gasteiger partial charge in [0.1, 0.15) is 6.54 Å². The molecule has 6 nitrogen and oxygen atoms in total. The van der Waals surface area contributed by atoms with E-state index in [2.05, 4.69) is 5.32 Å². The molecular weight excluding hydrogens is 278 g/mol. The number of nitrogens with zero attached hydrogens (tertiary/aromatic N) is 1. The maximum absolute atomic E-state index is 11.8. The average Bonchev–Trinajstić information content (AvgIpc) is 2.77. The number of thioether (sulfide) groups is 1. The lowest BCUT2D eigenvalue weighted by Crippen LogP contribution is -2.33. The first kappa shape index (κ1) is 14.4. The van der Waals surface area contributed by atoms with Gasteiger partial charge in [-0.05, 0) is 17.7 Å². The zero-order valence-corrected chi connectivity index (χ0v) is 11.6. The number of carbonyl (C=O) groups is 3. The van der Waals surface area contributed by atoms with E-state index in [0.29, 0.717) is 12.2 Å². The van der Waals surface area contributed by atoms with Crippen LogP contribution in [0, 0.1) is 0 Å². The molecule has 106 valence electrons. The van der Waals surface area contributed by atoms with Crippen molar-refractivity contribution in [1.29, 1.82) is 0 Å². The van der Waals surface area contributed by atoms with Crippen molar-refractivity contribution >= 4 is 34.5 Å². The van der Waals surface area contributed by atoms with Gasteiger partial charge in [0.05, 0.1) is 6.42 Å². The van der Waals surface area contributed by atoms with E-state index in [1.54, 1.807) is 24.3 Å². The predicted octanol–water partition coefficient (Wildman–Crippen LogP) is 0.822. The summed E-state index contributed by atoms with van der Waals surface area (Å²) in [6.07, 6.45) is 0.174. The lowest BCUT2D eigenvalue weighted by molar-refractivity contribution is -0.117. The Hall–Kier alpha value is -2.02. The van der Waals surface area contributed by atoms with E-state index in [0.717, 1.165) is 11.3 Å². The number of hydrogen-bond acceptors (Lipinski definition) is 4. The Kier molecular flexibility index (Phi) is 4.62. The molecule has 0 aromatic heterocycles. The highest BCUT2D eigenvalue weighted by molar-refractivity contribution is 8.13. The maximum atomic E-state index is 11.8. The van der Waals surface area contributed by atoms with E-state index in [-0.39, 0.29) is 24.1 Å². The van der Waals surface area contributed by atoms with Crippen molar-refractivity contribution < 1.29 is 14.4 Å². The topological polar surface area (TPSA) is 92.5 Å². The van der Waals surface area contributed by atoms with Crippen molar-refractivity contribution in [3.8, 4) is 0 Å². The summed E-state index contributed by atoms with van der Waals surface area (Å²) < 4.78 is 0. The van der Waals surface area contributed by atoms with Crippen molar-refractivity contribution in [2.45, 2.75) is 6.42 Å². The molecule has 0 aliphatic carbocycles. The number of carbonyl (C=O) groups excluding carboxylic acids is 3. The molecule has 20 heavy (non-hydrogen) atoms. The highest BCUT2D eigenvalue weighted by Crippen LogP contribution is 2.17. The number of anilines is 1. The van der Waals surface area contributed by atoms with Crippen molar-refractivity contribution in [3.05, 3.63) is 29.8 Å². The Morgan fingerprint density at radius 3 is 2.55 bits per heavy atom. The summed E-state index contributed by atoms with van der Waals surface area (Å²) >= 11 is 1.22. The third kappa shape index (κ3) is 3.99.